The predicted octanol–water partition coefficient (Wildman–Crippen LogP) is 5.43. The Balaban J connectivity index is 1.89. The van der Waals surface area contributed by atoms with Gasteiger partial charge in [-0.25, -0.2) is 0 Å². The molecule has 7 heteroatoms. The van der Waals surface area contributed by atoms with Crippen molar-refractivity contribution in [3.05, 3.63) is 84.9 Å². The normalized spacial score (nSPS) is 10.6. The molecule has 156 valence electrons. The molecule has 4 aromatic carbocycles. The van der Waals surface area contributed by atoms with Gasteiger partial charge in [0.05, 0.1) is 0 Å². The molecule has 0 aromatic heterocycles. The highest BCUT2D eigenvalue weighted by molar-refractivity contribution is 5.90. The molecule has 0 aliphatic heterocycles. The number of phenolic OH excluding ortho intramolecular Hbond substituents is 5. The van der Waals surface area contributed by atoms with Gasteiger partial charge in [0.1, 0.15) is 5.69 Å². The van der Waals surface area contributed by atoms with Crippen molar-refractivity contribution in [2.75, 3.05) is 10.2 Å². The van der Waals surface area contributed by atoms with Crippen LogP contribution in [-0.4, -0.2) is 25.5 Å². The zero-order valence-corrected chi connectivity index (χ0v) is 16.3. The van der Waals surface area contributed by atoms with Gasteiger partial charge in [0, 0.05) is 22.7 Å². The zero-order valence-electron chi connectivity index (χ0n) is 16.3. The van der Waals surface area contributed by atoms with Gasteiger partial charge in [-0.05, 0) is 42.5 Å². The lowest BCUT2D eigenvalue weighted by Gasteiger charge is -2.28. The fraction of sp³-hybridized carbons (Fsp3) is 0. The van der Waals surface area contributed by atoms with Crippen molar-refractivity contribution in [2.45, 2.75) is 0 Å². The standard InChI is InChI=1S/C24H20N2O5/c27-20-19(21(28)23(30)24(31)22(20)29)26(17-11-5-2-6-12-17)18-13-7-10-16(14-18)25-15-8-3-1-4-9-15/h1-14,25,27-31H. The minimum absolute atomic E-state index is 0.282. The van der Waals surface area contributed by atoms with Gasteiger partial charge < -0.3 is 35.7 Å². The van der Waals surface area contributed by atoms with Gasteiger partial charge in [0.25, 0.3) is 0 Å². The van der Waals surface area contributed by atoms with E-state index in [0.717, 1.165) is 11.4 Å². The van der Waals surface area contributed by atoms with Crippen LogP contribution in [0.4, 0.5) is 28.4 Å². The minimum atomic E-state index is -1.01. The molecular formula is C24H20N2O5. The first kappa shape index (κ1) is 19.8. The summed E-state index contributed by atoms with van der Waals surface area (Å²) < 4.78 is 0. The molecule has 4 aromatic rings. The Morgan fingerprint density at radius 1 is 0.484 bits per heavy atom. The Morgan fingerprint density at radius 3 is 1.58 bits per heavy atom. The Morgan fingerprint density at radius 2 is 0.968 bits per heavy atom. The van der Waals surface area contributed by atoms with E-state index in [-0.39, 0.29) is 5.69 Å². The lowest BCUT2D eigenvalue weighted by molar-refractivity contribution is 0.329. The molecule has 0 atom stereocenters. The first-order valence-electron chi connectivity index (χ1n) is 9.43. The average molecular weight is 416 g/mol. The summed E-state index contributed by atoms with van der Waals surface area (Å²) in [7, 11) is 0. The molecule has 6 N–H and O–H groups in total. The number of anilines is 5. The lowest BCUT2D eigenvalue weighted by atomic mass is 10.1. The summed E-state index contributed by atoms with van der Waals surface area (Å²) >= 11 is 0. The maximum absolute atomic E-state index is 10.5. The highest BCUT2D eigenvalue weighted by Gasteiger charge is 2.29. The molecule has 31 heavy (non-hydrogen) atoms. The highest BCUT2D eigenvalue weighted by atomic mass is 16.4. The summed E-state index contributed by atoms with van der Waals surface area (Å²) in [6, 6.07) is 25.5. The van der Waals surface area contributed by atoms with Gasteiger partial charge >= 0.3 is 0 Å². The molecule has 4 rings (SSSR count). The monoisotopic (exact) mass is 416 g/mol. The molecule has 0 fully saturated rings. The van der Waals surface area contributed by atoms with Crippen LogP contribution in [0.5, 0.6) is 28.7 Å². The first-order valence-corrected chi connectivity index (χ1v) is 9.43. The third-order valence-electron chi connectivity index (χ3n) is 4.75. The van der Waals surface area contributed by atoms with E-state index >= 15 is 0 Å². The molecule has 0 spiro atoms. The van der Waals surface area contributed by atoms with Crippen LogP contribution in [0.3, 0.4) is 0 Å². The van der Waals surface area contributed by atoms with Crippen LogP contribution < -0.4 is 10.2 Å². The van der Waals surface area contributed by atoms with Gasteiger partial charge in [0.2, 0.25) is 17.2 Å². The SMILES string of the molecule is Oc1c(O)c(O)c(N(c2ccccc2)c2cccc(Nc3ccccc3)c2)c(O)c1O. The Labute approximate surface area is 178 Å². The van der Waals surface area contributed by atoms with Crippen molar-refractivity contribution >= 4 is 28.4 Å². The van der Waals surface area contributed by atoms with Crippen molar-refractivity contribution in [3.63, 3.8) is 0 Å². The van der Waals surface area contributed by atoms with Gasteiger partial charge in [0.15, 0.2) is 11.5 Å². The lowest BCUT2D eigenvalue weighted by Crippen LogP contribution is -2.11. The number of phenols is 5. The van der Waals surface area contributed by atoms with Crippen molar-refractivity contribution in [1.82, 2.24) is 0 Å². The van der Waals surface area contributed by atoms with Crippen LogP contribution >= 0.6 is 0 Å². The summed E-state index contributed by atoms with van der Waals surface area (Å²) in [6.45, 7) is 0. The van der Waals surface area contributed by atoms with E-state index in [2.05, 4.69) is 5.32 Å². The molecular weight excluding hydrogens is 396 g/mol. The topological polar surface area (TPSA) is 116 Å². The number of benzene rings is 4. The number of para-hydroxylation sites is 2. The molecule has 7 nitrogen and oxygen atoms in total. The number of hydrogen-bond donors (Lipinski definition) is 6. The maximum atomic E-state index is 10.5. The summed E-state index contributed by atoms with van der Waals surface area (Å²) in [6.07, 6.45) is 0. The number of nitrogens with one attached hydrogen (secondary N) is 1. The van der Waals surface area contributed by atoms with E-state index in [0.29, 0.717) is 11.4 Å². The van der Waals surface area contributed by atoms with Crippen LogP contribution in [0.1, 0.15) is 0 Å². The van der Waals surface area contributed by atoms with E-state index in [4.69, 9.17) is 0 Å². The van der Waals surface area contributed by atoms with E-state index in [1.165, 1.54) is 4.90 Å². The number of aromatic hydroxyl groups is 5. The predicted molar refractivity (Wildman–Crippen MR) is 119 cm³/mol. The maximum Gasteiger partial charge on any atom is 0.208 e. The zero-order chi connectivity index (χ0) is 22.0. The van der Waals surface area contributed by atoms with Crippen LogP contribution in [-0.2, 0) is 0 Å². The summed E-state index contributed by atoms with van der Waals surface area (Å²) in [5, 5.41) is 54.3. The van der Waals surface area contributed by atoms with Crippen molar-refractivity contribution in [3.8, 4) is 28.7 Å². The van der Waals surface area contributed by atoms with Gasteiger partial charge in [-0.15, -0.1) is 0 Å². The smallest absolute Gasteiger partial charge is 0.208 e. The van der Waals surface area contributed by atoms with E-state index in [1.807, 2.05) is 36.4 Å². The summed E-state index contributed by atoms with van der Waals surface area (Å²) in [4.78, 5) is 1.46. The van der Waals surface area contributed by atoms with Crippen LogP contribution in [0, 0.1) is 0 Å². The Kier molecular flexibility index (Phi) is 5.15. The number of hydrogen-bond acceptors (Lipinski definition) is 7. The summed E-state index contributed by atoms with van der Waals surface area (Å²) in [5.74, 6) is -4.45. The van der Waals surface area contributed by atoms with Crippen molar-refractivity contribution in [2.24, 2.45) is 0 Å². The quantitative estimate of drug-likeness (QED) is 0.190. The fourth-order valence-electron chi connectivity index (χ4n) is 3.28. The van der Waals surface area contributed by atoms with Crippen LogP contribution in [0.25, 0.3) is 0 Å². The Hall–Kier alpha value is -4.52. The largest absolute Gasteiger partial charge is 0.503 e. The van der Waals surface area contributed by atoms with E-state index in [9.17, 15) is 25.5 Å². The van der Waals surface area contributed by atoms with Crippen LogP contribution in [0.15, 0.2) is 84.9 Å². The molecule has 0 radical (unpaired) electrons. The third kappa shape index (κ3) is 3.72. The molecule has 0 amide bonds. The molecule has 0 heterocycles. The second-order valence-electron chi connectivity index (χ2n) is 6.80. The second-order valence-corrected chi connectivity index (χ2v) is 6.80. The van der Waals surface area contributed by atoms with Gasteiger partial charge in [-0.1, -0.05) is 42.5 Å². The Bertz CT molecular complexity index is 1180. The highest BCUT2D eigenvalue weighted by Crippen LogP contribution is 2.57. The molecule has 0 unspecified atom stereocenters. The molecule has 0 saturated carbocycles. The minimum Gasteiger partial charge on any atom is -0.503 e. The first-order chi connectivity index (χ1) is 15.0. The molecule has 0 bridgehead atoms. The average Bonchev–Trinajstić information content (AvgIpc) is 2.80. The second kappa shape index (κ2) is 8.08. The van der Waals surface area contributed by atoms with Crippen molar-refractivity contribution in [1.29, 1.82) is 0 Å². The molecule has 0 aliphatic carbocycles. The number of rotatable bonds is 5. The summed E-state index contributed by atoms with van der Waals surface area (Å²) in [5.41, 5.74) is 2.37. The fourth-order valence-corrected chi connectivity index (χ4v) is 3.28. The van der Waals surface area contributed by atoms with Crippen LogP contribution in [0.2, 0.25) is 0 Å². The van der Waals surface area contributed by atoms with Gasteiger partial charge in [-0.3, -0.25) is 0 Å². The number of nitrogens with zero attached hydrogens (tertiary/aromatic N) is 1. The molecule has 0 saturated heterocycles. The third-order valence-corrected chi connectivity index (χ3v) is 4.75. The molecule has 0 aliphatic rings. The van der Waals surface area contributed by atoms with Gasteiger partial charge in [-0.2, -0.15) is 0 Å². The van der Waals surface area contributed by atoms with E-state index in [1.54, 1.807) is 48.5 Å². The van der Waals surface area contributed by atoms with E-state index < -0.39 is 28.7 Å². The van der Waals surface area contributed by atoms with Crippen molar-refractivity contribution < 1.29 is 25.5 Å².